The molecular formula is C33H31FN4O4. The van der Waals surface area contributed by atoms with Crippen LogP contribution in [0.15, 0.2) is 72.8 Å². The molecule has 214 valence electrons. The fourth-order valence-corrected chi connectivity index (χ4v) is 7.18. The molecule has 0 saturated carbocycles. The third-order valence-corrected chi connectivity index (χ3v) is 9.24. The van der Waals surface area contributed by atoms with Gasteiger partial charge < -0.3 is 9.80 Å². The van der Waals surface area contributed by atoms with Gasteiger partial charge in [-0.05, 0) is 48.1 Å². The second-order valence-electron chi connectivity index (χ2n) is 11.7. The number of piperidine rings is 3. The zero-order chi connectivity index (χ0) is 29.0. The van der Waals surface area contributed by atoms with Gasteiger partial charge in [-0.2, -0.15) is 0 Å². The maximum atomic E-state index is 15.5. The number of carbonyl (C=O) groups excluding carboxylic acids is 4. The number of fused-ring (bicyclic) bond motifs is 4. The lowest BCUT2D eigenvalue weighted by atomic mass is 9.85. The SMILES string of the molecule is O=C1CCC(N2Cc3cc(C(=O)N4CC5CCC4CN5C(c4ccccc4)c4ccccc4)c(F)cc3C2=O)C(=O)N1. The van der Waals surface area contributed by atoms with Gasteiger partial charge in [-0.25, -0.2) is 4.39 Å². The minimum absolute atomic E-state index is 0.0477. The summed E-state index contributed by atoms with van der Waals surface area (Å²) in [5.74, 6) is -2.46. The van der Waals surface area contributed by atoms with E-state index in [4.69, 9.17) is 0 Å². The molecule has 4 saturated heterocycles. The minimum atomic E-state index is -0.796. The summed E-state index contributed by atoms with van der Waals surface area (Å²) in [5, 5.41) is 2.27. The molecule has 5 aliphatic rings. The second-order valence-corrected chi connectivity index (χ2v) is 11.7. The first-order valence-electron chi connectivity index (χ1n) is 14.5. The lowest BCUT2D eigenvalue weighted by Crippen LogP contribution is -2.64. The Morgan fingerprint density at radius 2 is 1.52 bits per heavy atom. The first-order chi connectivity index (χ1) is 20.4. The van der Waals surface area contributed by atoms with Crippen LogP contribution in [0, 0.1) is 5.82 Å². The van der Waals surface area contributed by atoms with Gasteiger partial charge in [0.25, 0.3) is 11.8 Å². The van der Waals surface area contributed by atoms with E-state index in [2.05, 4.69) is 34.5 Å². The highest BCUT2D eigenvalue weighted by molar-refractivity contribution is 6.06. The summed E-state index contributed by atoms with van der Waals surface area (Å²) in [5.41, 5.74) is 3.03. The molecule has 3 unspecified atom stereocenters. The van der Waals surface area contributed by atoms with Crippen LogP contribution in [0.3, 0.4) is 0 Å². The second kappa shape index (κ2) is 10.5. The largest absolute Gasteiger partial charge is 0.333 e. The van der Waals surface area contributed by atoms with Crippen molar-refractivity contribution in [3.8, 4) is 0 Å². The van der Waals surface area contributed by atoms with E-state index in [0.717, 1.165) is 18.9 Å². The van der Waals surface area contributed by atoms with Crippen LogP contribution in [0.1, 0.15) is 69.1 Å². The van der Waals surface area contributed by atoms with Gasteiger partial charge in [0.1, 0.15) is 11.9 Å². The van der Waals surface area contributed by atoms with Crippen molar-refractivity contribution >= 4 is 23.6 Å². The van der Waals surface area contributed by atoms with Crippen molar-refractivity contribution in [3.63, 3.8) is 0 Å². The Balaban J connectivity index is 1.13. The average molecular weight is 567 g/mol. The van der Waals surface area contributed by atoms with Gasteiger partial charge >= 0.3 is 0 Å². The van der Waals surface area contributed by atoms with Gasteiger partial charge in [0.2, 0.25) is 11.8 Å². The van der Waals surface area contributed by atoms with Crippen LogP contribution in [0.4, 0.5) is 4.39 Å². The third-order valence-electron chi connectivity index (χ3n) is 9.24. The molecule has 3 aromatic rings. The van der Waals surface area contributed by atoms with Gasteiger partial charge in [-0.3, -0.25) is 29.4 Å². The Morgan fingerprint density at radius 1 is 0.857 bits per heavy atom. The number of nitrogens with one attached hydrogen (secondary N) is 1. The maximum absolute atomic E-state index is 15.5. The highest BCUT2D eigenvalue weighted by atomic mass is 19.1. The number of amides is 4. The van der Waals surface area contributed by atoms with Gasteiger partial charge in [0, 0.05) is 43.7 Å². The molecule has 9 heteroatoms. The maximum Gasteiger partial charge on any atom is 0.257 e. The van der Waals surface area contributed by atoms with Crippen molar-refractivity contribution in [1.82, 2.24) is 20.0 Å². The van der Waals surface area contributed by atoms with Crippen molar-refractivity contribution < 1.29 is 23.6 Å². The van der Waals surface area contributed by atoms with Crippen molar-refractivity contribution in [2.75, 3.05) is 13.1 Å². The van der Waals surface area contributed by atoms with E-state index < -0.39 is 23.7 Å². The quantitative estimate of drug-likeness (QED) is 0.476. The van der Waals surface area contributed by atoms with E-state index >= 15 is 4.39 Å². The average Bonchev–Trinajstić information content (AvgIpc) is 3.32. The number of halogens is 1. The van der Waals surface area contributed by atoms with Crippen molar-refractivity contribution in [3.05, 3.63) is 106 Å². The third kappa shape index (κ3) is 4.48. The van der Waals surface area contributed by atoms with Crippen molar-refractivity contribution in [2.24, 2.45) is 0 Å². The number of piperazine rings is 1. The van der Waals surface area contributed by atoms with Crippen LogP contribution in [-0.2, 0) is 16.1 Å². The lowest BCUT2D eigenvalue weighted by molar-refractivity contribution is -0.136. The summed E-state index contributed by atoms with van der Waals surface area (Å²) in [6, 6.07) is 22.7. The molecule has 42 heavy (non-hydrogen) atoms. The van der Waals surface area contributed by atoms with E-state index in [-0.39, 0.29) is 60.5 Å². The van der Waals surface area contributed by atoms with Crippen molar-refractivity contribution in [1.29, 1.82) is 0 Å². The molecule has 0 aromatic heterocycles. The Kier molecular flexibility index (Phi) is 6.61. The first kappa shape index (κ1) is 26.5. The van der Waals surface area contributed by atoms with Gasteiger partial charge in [-0.1, -0.05) is 60.7 Å². The van der Waals surface area contributed by atoms with Crippen LogP contribution >= 0.6 is 0 Å². The normalized spacial score (nSPS) is 23.9. The Labute approximate surface area is 243 Å². The minimum Gasteiger partial charge on any atom is -0.333 e. The van der Waals surface area contributed by atoms with E-state index in [1.54, 1.807) is 4.90 Å². The summed E-state index contributed by atoms with van der Waals surface area (Å²) in [4.78, 5) is 56.6. The fraction of sp³-hybridized carbons (Fsp3) is 0.333. The van der Waals surface area contributed by atoms with E-state index in [1.807, 2.05) is 36.4 Å². The molecule has 4 amide bonds. The Bertz CT molecular complexity index is 1540. The Morgan fingerprint density at radius 3 is 2.14 bits per heavy atom. The summed E-state index contributed by atoms with van der Waals surface area (Å²) in [7, 11) is 0. The summed E-state index contributed by atoms with van der Waals surface area (Å²) in [6.07, 6.45) is 2.15. The van der Waals surface area contributed by atoms with E-state index in [1.165, 1.54) is 22.1 Å². The molecule has 3 atom stereocenters. The standard InChI is InChI=1S/C33H31FN4O4/c34-27-16-25-22(17-38(32(25)41)28-13-14-29(39)35-31(28)40)15-26(27)33(42)37-19-23-11-12-24(37)18-36(23)30(20-7-3-1-4-8-20)21-9-5-2-6-10-21/h1-10,15-16,23-24,28,30H,11-14,17-19H2,(H,35,39,40). The molecule has 0 aliphatic carbocycles. The lowest BCUT2D eigenvalue weighted by Gasteiger charge is -2.54. The topological polar surface area (TPSA) is 90.0 Å². The van der Waals surface area contributed by atoms with Crippen LogP contribution in [0.25, 0.3) is 0 Å². The van der Waals surface area contributed by atoms with Crippen LogP contribution < -0.4 is 5.32 Å². The number of nitrogens with zero attached hydrogens (tertiary/aromatic N) is 3. The van der Waals surface area contributed by atoms with Gasteiger partial charge in [0.15, 0.2) is 0 Å². The van der Waals surface area contributed by atoms with Crippen LogP contribution in [0.2, 0.25) is 0 Å². The molecule has 8 nitrogen and oxygen atoms in total. The number of imide groups is 1. The highest BCUT2D eigenvalue weighted by Gasteiger charge is 2.45. The molecule has 8 rings (SSSR count). The number of hydrogen-bond donors (Lipinski definition) is 1. The molecule has 1 N–H and O–H groups in total. The monoisotopic (exact) mass is 566 g/mol. The van der Waals surface area contributed by atoms with Crippen LogP contribution in [-0.4, -0.2) is 69.5 Å². The van der Waals surface area contributed by atoms with Gasteiger partial charge in [0.05, 0.1) is 11.6 Å². The zero-order valence-electron chi connectivity index (χ0n) is 23.0. The van der Waals surface area contributed by atoms with E-state index in [9.17, 15) is 19.2 Å². The first-order valence-corrected chi connectivity index (χ1v) is 14.5. The van der Waals surface area contributed by atoms with Gasteiger partial charge in [-0.15, -0.1) is 0 Å². The number of hydrogen-bond acceptors (Lipinski definition) is 5. The molecule has 4 fully saturated rings. The Hall–Kier alpha value is -4.37. The smallest absolute Gasteiger partial charge is 0.257 e. The van der Waals surface area contributed by atoms with E-state index in [0.29, 0.717) is 18.7 Å². The zero-order valence-corrected chi connectivity index (χ0v) is 23.0. The summed E-state index contributed by atoms with van der Waals surface area (Å²) in [6.45, 7) is 1.27. The molecule has 0 spiro atoms. The number of rotatable bonds is 5. The molecule has 2 bridgehead atoms. The fourth-order valence-electron chi connectivity index (χ4n) is 7.18. The molecule has 0 radical (unpaired) electrons. The van der Waals surface area contributed by atoms with Crippen LogP contribution in [0.5, 0.6) is 0 Å². The molecule has 5 aliphatic heterocycles. The summed E-state index contributed by atoms with van der Waals surface area (Å²) < 4.78 is 15.5. The number of carbonyl (C=O) groups is 4. The van der Waals surface area contributed by atoms with Crippen molar-refractivity contribution in [2.45, 2.75) is 56.4 Å². The summed E-state index contributed by atoms with van der Waals surface area (Å²) >= 11 is 0. The molecule has 3 aromatic carbocycles. The highest BCUT2D eigenvalue weighted by Crippen LogP contribution is 2.39. The molecular weight excluding hydrogens is 535 g/mol. The number of benzene rings is 3. The predicted molar refractivity (Wildman–Crippen MR) is 152 cm³/mol. The molecule has 5 heterocycles. The predicted octanol–water partition coefficient (Wildman–Crippen LogP) is 3.67.